The smallest absolute Gasteiger partial charge is 0.326 e. The van der Waals surface area contributed by atoms with Gasteiger partial charge in [0.2, 0.25) is 0 Å². The molecular formula is C26H27ClFNO4. The van der Waals surface area contributed by atoms with Crippen LogP contribution in [-0.4, -0.2) is 34.5 Å². The van der Waals surface area contributed by atoms with Crippen molar-refractivity contribution in [2.45, 2.75) is 69.4 Å². The van der Waals surface area contributed by atoms with Crippen LogP contribution in [0.2, 0.25) is 5.02 Å². The predicted molar refractivity (Wildman–Crippen MR) is 123 cm³/mol. The minimum Gasteiger partial charge on any atom is -0.486 e. The number of carboxylic acid groups (broad SMARTS) is 1. The monoisotopic (exact) mass is 471 g/mol. The van der Waals surface area contributed by atoms with Gasteiger partial charge in [-0.1, -0.05) is 17.7 Å². The fourth-order valence-electron chi connectivity index (χ4n) is 4.86. The molecule has 1 amide bonds. The zero-order valence-corrected chi connectivity index (χ0v) is 19.3. The van der Waals surface area contributed by atoms with Crippen LogP contribution in [0, 0.1) is 5.82 Å². The van der Waals surface area contributed by atoms with Crippen molar-refractivity contribution in [3.8, 4) is 5.75 Å². The minimum absolute atomic E-state index is 0.0576. The van der Waals surface area contributed by atoms with Crippen LogP contribution in [0.15, 0.2) is 30.3 Å². The first kappa shape index (κ1) is 22.2. The number of hydrogen-bond donors (Lipinski definition) is 1. The number of aliphatic carboxylic acids is 1. The Kier molecular flexibility index (Phi) is 5.81. The van der Waals surface area contributed by atoms with Gasteiger partial charge in [-0.05, 0) is 98.2 Å². The molecule has 5 nitrogen and oxygen atoms in total. The lowest BCUT2D eigenvalue weighted by atomic mass is 9.95. The van der Waals surface area contributed by atoms with Crippen LogP contribution < -0.4 is 4.74 Å². The molecular weight excluding hydrogens is 445 g/mol. The van der Waals surface area contributed by atoms with Crippen molar-refractivity contribution in [3.63, 3.8) is 0 Å². The highest BCUT2D eigenvalue weighted by Crippen LogP contribution is 2.46. The molecule has 5 rings (SSSR count). The molecule has 0 aromatic heterocycles. The molecule has 1 saturated heterocycles. The molecule has 174 valence electrons. The lowest BCUT2D eigenvalue weighted by molar-refractivity contribution is -0.141. The van der Waals surface area contributed by atoms with Crippen LogP contribution in [0.5, 0.6) is 5.75 Å². The number of carbonyl (C=O) groups excluding carboxylic acids is 1. The van der Waals surface area contributed by atoms with Gasteiger partial charge in [-0.3, -0.25) is 4.79 Å². The summed E-state index contributed by atoms with van der Waals surface area (Å²) in [5.74, 6) is -0.821. The van der Waals surface area contributed by atoms with E-state index in [1.54, 1.807) is 6.07 Å². The van der Waals surface area contributed by atoms with Gasteiger partial charge in [0.05, 0.1) is 5.56 Å². The molecule has 1 aliphatic heterocycles. The molecule has 3 aliphatic rings. The van der Waals surface area contributed by atoms with Crippen molar-refractivity contribution < 1.29 is 23.8 Å². The lowest BCUT2D eigenvalue weighted by Gasteiger charge is -2.24. The average molecular weight is 472 g/mol. The van der Waals surface area contributed by atoms with Crippen LogP contribution in [-0.2, 0) is 4.79 Å². The van der Waals surface area contributed by atoms with E-state index in [0.29, 0.717) is 41.6 Å². The highest BCUT2D eigenvalue weighted by Gasteiger charge is 2.37. The molecule has 0 spiro atoms. The topological polar surface area (TPSA) is 66.8 Å². The normalized spacial score (nSPS) is 21.2. The summed E-state index contributed by atoms with van der Waals surface area (Å²) in [6.07, 6.45) is 4.84. The largest absolute Gasteiger partial charge is 0.486 e. The maximum absolute atomic E-state index is 15.2. The number of rotatable bonds is 7. The van der Waals surface area contributed by atoms with Gasteiger partial charge >= 0.3 is 5.97 Å². The fourth-order valence-corrected chi connectivity index (χ4v) is 5.19. The molecule has 3 fully saturated rings. The third-order valence-corrected chi connectivity index (χ3v) is 7.29. The van der Waals surface area contributed by atoms with Crippen molar-refractivity contribution in [2.24, 2.45) is 0 Å². The highest BCUT2D eigenvalue weighted by molar-refractivity contribution is 6.31. The quantitative estimate of drug-likeness (QED) is 0.532. The second-order valence-corrected chi connectivity index (χ2v) is 9.85. The minimum atomic E-state index is -1.05. The summed E-state index contributed by atoms with van der Waals surface area (Å²) in [4.78, 5) is 25.8. The summed E-state index contributed by atoms with van der Waals surface area (Å²) >= 11 is 6.44. The summed E-state index contributed by atoms with van der Waals surface area (Å²) in [6.45, 7) is 2.19. The first-order chi connectivity index (χ1) is 15.8. The molecule has 2 aromatic rings. The van der Waals surface area contributed by atoms with E-state index in [0.717, 1.165) is 36.8 Å². The summed E-state index contributed by atoms with van der Waals surface area (Å²) in [7, 11) is 0. The first-order valence-electron chi connectivity index (χ1n) is 11.7. The van der Waals surface area contributed by atoms with E-state index in [-0.39, 0.29) is 11.5 Å². The van der Waals surface area contributed by atoms with Crippen LogP contribution >= 0.6 is 11.6 Å². The van der Waals surface area contributed by atoms with Crippen LogP contribution in [0.4, 0.5) is 4.39 Å². The Bertz CT molecular complexity index is 1110. The number of nitrogens with zero attached hydrogens (tertiary/aromatic N) is 1. The Labute approximate surface area is 197 Å². The molecule has 2 saturated carbocycles. The van der Waals surface area contributed by atoms with Crippen molar-refractivity contribution >= 4 is 23.5 Å². The molecule has 0 radical (unpaired) electrons. The van der Waals surface area contributed by atoms with Gasteiger partial charge in [-0.15, -0.1) is 0 Å². The summed E-state index contributed by atoms with van der Waals surface area (Å²) < 4.78 is 21.3. The molecule has 1 heterocycles. The van der Waals surface area contributed by atoms with Gasteiger partial charge in [0, 0.05) is 11.6 Å². The number of carbonyl (C=O) groups is 2. The summed E-state index contributed by atoms with van der Waals surface area (Å²) in [5, 5.41) is 10.1. The maximum atomic E-state index is 15.2. The Morgan fingerprint density at radius 3 is 2.42 bits per heavy atom. The number of likely N-dealkylation sites (tertiary alicyclic amines) is 1. The molecule has 0 unspecified atom stereocenters. The average Bonchev–Trinajstić information content (AvgIpc) is 3.71. The number of halogens is 2. The van der Waals surface area contributed by atoms with Crippen molar-refractivity contribution in [1.82, 2.24) is 4.90 Å². The molecule has 2 atom stereocenters. The molecule has 0 bridgehead atoms. The SMILES string of the molecule is C[C@@H](Oc1ccc(C2CC2)c(Cl)c1)c1cc(F)c(C(=O)N2CCC[C@H]2C(=O)O)cc1C1CC1. The van der Waals surface area contributed by atoms with E-state index in [2.05, 4.69) is 0 Å². The van der Waals surface area contributed by atoms with Crippen LogP contribution in [0.1, 0.15) is 90.4 Å². The second kappa shape index (κ2) is 8.64. The molecule has 7 heteroatoms. The molecule has 33 heavy (non-hydrogen) atoms. The van der Waals surface area contributed by atoms with Crippen molar-refractivity contribution in [2.75, 3.05) is 6.54 Å². The van der Waals surface area contributed by atoms with Gasteiger partial charge < -0.3 is 14.7 Å². The zero-order chi connectivity index (χ0) is 23.3. The Morgan fingerprint density at radius 1 is 1.09 bits per heavy atom. The number of ether oxygens (including phenoxy) is 1. The molecule has 1 N–H and O–H groups in total. The van der Waals surface area contributed by atoms with E-state index in [1.807, 2.05) is 25.1 Å². The van der Waals surface area contributed by atoms with Crippen molar-refractivity contribution in [3.05, 3.63) is 63.4 Å². The second-order valence-electron chi connectivity index (χ2n) is 9.45. The van der Waals surface area contributed by atoms with E-state index in [4.69, 9.17) is 16.3 Å². The van der Waals surface area contributed by atoms with Crippen LogP contribution in [0.3, 0.4) is 0 Å². The predicted octanol–water partition coefficient (Wildman–Crippen LogP) is 6.06. The summed E-state index contributed by atoms with van der Waals surface area (Å²) in [6, 6.07) is 7.83. The van der Waals surface area contributed by atoms with Gasteiger partial charge in [-0.25, -0.2) is 9.18 Å². The first-order valence-corrected chi connectivity index (χ1v) is 12.0. The Balaban J connectivity index is 1.41. The lowest BCUT2D eigenvalue weighted by Crippen LogP contribution is -2.40. The van der Waals surface area contributed by atoms with Gasteiger partial charge in [-0.2, -0.15) is 0 Å². The van der Waals surface area contributed by atoms with Crippen LogP contribution in [0.25, 0.3) is 0 Å². The standard InChI is InChI=1S/C26H27ClFNO4/c1-14(33-17-8-9-18(15-4-5-15)22(27)11-17)19-13-23(28)21(12-20(19)16-6-7-16)25(30)29-10-2-3-24(29)26(31)32/h8-9,11-16,24H,2-7,10H2,1H3,(H,31,32)/t14-,24+/m1/s1. The van der Waals surface area contributed by atoms with Crippen molar-refractivity contribution in [1.29, 1.82) is 0 Å². The number of amides is 1. The third-order valence-electron chi connectivity index (χ3n) is 6.96. The zero-order valence-electron chi connectivity index (χ0n) is 18.5. The van der Waals surface area contributed by atoms with E-state index >= 15 is 4.39 Å². The van der Waals surface area contributed by atoms with Gasteiger partial charge in [0.1, 0.15) is 23.7 Å². The Hall–Kier alpha value is -2.60. The van der Waals surface area contributed by atoms with E-state index < -0.39 is 29.8 Å². The fraction of sp³-hybridized carbons (Fsp3) is 0.462. The Morgan fingerprint density at radius 2 is 1.79 bits per heavy atom. The number of benzene rings is 2. The highest BCUT2D eigenvalue weighted by atomic mass is 35.5. The summed E-state index contributed by atoms with van der Waals surface area (Å²) in [5.41, 5.74) is 2.70. The van der Waals surface area contributed by atoms with E-state index in [1.165, 1.54) is 11.0 Å². The number of carboxylic acids is 1. The van der Waals surface area contributed by atoms with Gasteiger partial charge in [0.15, 0.2) is 0 Å². The van der Waals surface area contributed by atoms with Gasteiger partial charge in [0.25, 0.3) is 5.91 Å². The van der Waals surface area contributed by atoms with E-state index in [9.17, 15) is 14.7 Å². The third kappa shape index (κ3) is 4.45. The number of hydrogen-bond acceptors (Lipinski definition) is 3. The maximum Gasteiger partial charge on any atom is 0.326 e. The molecule has 2 aromatic carbocycles. The molecule has 2 aliphatic carbocycles.